The largest absolute Gasteiger partial charge is 0.337 e. The number of amides is 1. The van der Waals surface area contributed by atoms with Crippen LogP contribution in [0.2, 0.25) is 0 Å². The monoisotopic (exact) mass is 330 g/mol. The van der Waals surface area contributed by atoms with Crippen LogP contribution in [0, 0.1) is 6.92 Å². The molecule has 0 bridgehead atoms. The van der Waals surface area contributed by atoms with Crippen LogP contribution in [0.25, 0.3) is 0 Å². The van der Waals surface area contributed by atoms with Crippen LogP contribution < -0.4 is 0 Å². The number of nitrogens with zero attached hydrogens (tertiary/aromatic N) is 2. The van der Waals surface area contributed by atoms with Crippen molar-refractivity contribution >= 4 is 5.91 Å². The lowest BCUT2D eigenvalue weighted by atomic mass is 9.94. The molecular formula is C21H34N2O. The average Bonchev–Trinajstić information content (AvgIpc) is 2.90. The summed E-state index contributed by atoms with van der Waals surface area (Å²) in [6.07, 6.45) is 7.98. The predicted molar refractivity (Wildman–Crippen MR) is 101 cm³/mol. The molecule has 134 valence electrons. The van der Waals surface area contributed by atoms with Gasteiger partial charge in [-0.2, -0.15) is 0 Å². The van der Waals surface area contributed by atoms with Gasteiger partial charge in [-0.1, -0.05) is 50.8 Å². The first-order chi connectivity index (χ1) is 11.7. The Kier molecular flexibility index (Phi) is 7.77. The van der Waals surface area contributed by atoms with Crippen LogP contribution >= 0.6 is 0 Å². The summed E-state index contributed by atoms with van der Waals surface area (Å²) in [6, 6.07) is 8.74. The molecule has 2 aliphatic rings. The Hall–Kier alpha value is -1.35. The molecule has 1 aromatic carbocycles. The zero-order valence-electron chi connectivity index (χ0n) is 15.8. The highest BCUT2D eigenvalue weighted by molar-refractivity contribution is 5.94. The molecule has 0 spiro atoms. The van der Waals surface area contributed by atoms with E-state index in [1.807, 2.05) is 43.0 Å². The zero-order valence-corrected chi connectivity index (χ0v) is 15.8. The van der Waals surface area contributed by atoms with Gasteiger partial charge in [0.05, 0.1) is 0 Å². The number of carbonyl (C=O) groups is 1. The molecule has 24 heavy (non-hydrogen) atoms. The minimum atomic E-state index is 0.200. The first kappa shape index (κ1) is 19.0. The van der Waals surface area contributed by atoms with Gasteiger partial charge in [0.15, 0.2) is 0 Å². The van der Waals surface area contributed by atoms with Gasteiger partial charge in [-0.25, -0.2) is 0 Å². The van der Waals surface area contributed by atoms with E-state index in [1.165, 1.54) is 37.7 Å². The lowest BCUT2D eigenvalue weighted by Gasteiger charge is -2.33. The third kappa shape index (κ3) is 5.07. The van der Waals surface area contributed by atoms with Gasteiger partial charge >= 0.3 is 0 Å². The summed E-state index contributed by atoms with van der Waals surface area (Å²) in [7, 11) is 0. The topological polar surface area (TPSA) is 23.6 Å². The van der Waals surface area contributed by atoms with Crippen LogP contribution in [0.4, 0.5) is 0 Å². The van der Waals surface area contributed by atoms with Crippen molar-refractivity contribution in [1.82, 2.24) is 9.80 Å². The summed E-state index contributed by atoms with van der Waals surface area (Å²) in [4.78, 5) is 17.3. The third-order valence-electron chi connectivity index (χ3n) is 5.21. The first-order valence-corrected chi connectivity index (χ1v) is 9.84. The van der Waals surface area contributed by atoms with E-state index in [4.69, 9.17) is 0 Å². The molecule has 1 aromatic rings. The summed E-state index contributed by atoms with van der Waals surface area (Å²) in [5, 5.41) is 0. The quantitative estimate of drug-likeness (QED) is 0.797. The Bertz CT molecular complexity index is 491. The maximum Gasteiger partial charge on any atom is 0.253 e. The summed E-state index contributed by atoms with van der Waals surface area (Å²) >= 11 is 0. The van der Waals surface area contributed by atoms with Gasteiger partial charge in [-0.3, -0.25) is 9.69 Å². The van der Waals surface area contributed by atoms with Crippen molar-refractivity contribution in [3.63, 3.8) is 0 Å². The SMILES string of the molecule is CC.Cc1ccc(C(=O)N2CCCN(C3CCCCC3)CC2)cc1. The van der Waals surface area contributed by atoms with Crippen LogP contribution in [0.15, 0.2) is 24.3 Å². The summed E-state index contributed by atoms with van der Waals surface area (Å²) < 4.78 is 0. The van der Waals surface area contributed by atoms with Gasteiger partial charge in [0.1, 0.15) is 0 Å². The molecule has 0 N–H and O–H groups in total. The Morgan fingerprint density at radius 2 is 1.54 bits per heavy atom. The second kappa shape index (κ2) is 9.83. The molecule has 0 aromatic heterocycles. The molecule has 3 rings (SSSR count). The lowest BCUT2D eigenvalue weighted by molar-refractivity contribution is 0.0755. The molecule has 1 saturated heterocycles. The number of aryl methyl sites for hydroxylation is 1. The van der Waals surface area contributed by atoms with Crippen LogP contribution in [-0.2, 0) is 0 Å². The Balaban J connectivity index is 0.00000100. The molecule has 3 heteroatoms. The molecule has 1 saturated carbocycles. The highest BCUT2D eigenvalue weighted by atomic mass is 16.2. The van der Waals surface area contributed by atoms with E-state index in [-0.39, 0.29) is 5.91 Å². The number of carbonyl (C=O) groups excluding carboxylic acids is 1. The molecule has 1 aliphatic carbocycles. The number of benzene rings is 1. The van der Waals surface area contributed by atoms with E-state index in [0.717, 1.165) is 44.2 Å². The minimum Gasteiger partial charge on any atom is -0.337 e. The molecule has 3 nitrogen and oxygen atoms in total. The van der Waals surface area contributed by atoms with Crippen molar-refractivity contribution < 1.29 is 4.79 Å². The van der Waals surface area contributed by atoms with Crippen molar-refractivity contribution in [2.75, 3.05) is 26.2 Å². The van der Waals surface area contributed by atoms with E-state index in [2.05, 4.69) is 11.8 Å². The van der Waals surface area contributed by atoms with Gasteiger partial charge in [0.25, 0.3) is 5.91 Å². The van der Waals surface area contributed by atoms with Crippen LogP contribution in [0.1, 0.15) is 68.3 Å². The Morgan fingerprint density at radius 3 is 2.21 bits per heavy atom. The lowest BCUT2D eigenvalue weighted by Crippen LogP contribution is -2.40. The fourth-order valence-electron chi connectivity index (χ4n) is 3.83. The van der Waals surface area contributed by atoms with Crippen LogP contribution in [0.5, 0.6) is 0 Å². The van der Waals surface area contributed by atoms with Crippen molar-refractivity contribution in [2.45, 2.75) is 65.3 Å². The smallest absolute Gasteiger partial charge is 0.253 e. The van der Waals surface area contributed by atoms with Crippen molar-refractivity contribution in [3.05, 3.63) is 35.4 Å². The zero-order chi connectivity index (χ0) is 17.4. The normalized spacial score (nSPS) is 20.0. The predicted octanol–water partition coefficient (Wildman–Crippen LogP) is 4.50. The van der Waals surface area contributed by atoms with Crippen molar-refractivity contribution in [1.29, 1.82) is 0 Å². The molecule has 1 heterocycles. The van der Waals surface area contributed by atoms with Gasteiger partial charge in [-0.15, -0.1) is 0 Å². The maximum absolute atomic E-state index is 12.7. The molecule has 0 atom stereocenters. The van der Waals surface area contributed by atoms with E-state index in [1.54, 1.807) is 0 Å². The average molecular weight is 331 g/mol. The molecule has 0 radical (unpaired) electrons. The molecular weight excluding hydrogens is 296 g/mol. The van der Waals surface area contributed by atoms with Gasteiger partial charge in [0.2, 0.25) is 0 Å². The Morgan fingerprint density at radius 1 is 0.875 bits per heavy atom. The van der Waals surface area contributed by atoms with E-state index in [9.17, 15) is 4.79 Å². The highest BCUT2D eigenvalue weighted by Gasteiger charge is 2.25. The standard InChI is InChI=1S/C19H28N2O.C2H6/c1-16-8-10-17(11-9-16)19(22)21-13-5-12-20(14-15-21)18-6-3-2-4-7-18;1-2/h8-11,18H,2-7,12-15H2,1H3;1-2H3. The maximum atomic E-state index is 12.7. The minimum absolute atomic E-state index is 0.200. The van der Waals surface area contributed by atoms with E-state index in [0.29, 0.717) is 0 Å². The van der Waals surface area contributed by atoms with Gasteiger partial charge in [-0.05, 0) is 38.3 Å². The first-order valence-electron chi connectivity index (χ1n) is 9.84. The summed E-state index contributed by atoms with van der Waals surface area (Å²) in [5.41, 5.74) is 2.03. The fourth-order valence-corrected chi connectivity index (χ4v) is 3.83. The number of rotatable bonds is 2. The number of hydrogen-bond acceptors (Lipinski definition) is 2. The van der Waals surface area contributed by atoms with Gasteiger partial charge < -0.3 is 4.90 Å². The molecule has 0 unspecified atom stereocenters. The number of hydrogen-bond donors (Lipinski definition) is 0. The van der Waals surface area contributed by atoms with Crippen LogP contribution in [0.3, 0.4) is 0 Å². The third-order valence-corrected chi connectivity index (χ3v) is 5.21. The van der Waals surface area contributed by atoms with Crippen molar-refractivity contribution in [2.24, 2.45) is 0 Å². The fraction of sp³-hybridized carbons (Fsp3) is 0.667. The molecule has 1 amide bonds. The van der Waals surface area contributed by atoms with Gasteiger partial charge in [0, 0.05) is 37.8 Å². The second-order valence-corrected chi connectivity index (χ2v) is 6.84. The van der Waals surface area contributed by atoms with E-state index < -0.39 is 0 Å². The highest BCUT2D eigenvalue weighted by Crippen LogP contribution is 2.23. The van der Waals surface area contributed by atoms with Crippen molar-refractivity contribution in [3.8, 4) is 0 Å². The Labute approximate surface area is 148 Å². The van der Waals surface area contributed by atoms with Crippen LogP contribution in [-0.4, -0.2) is 47.9 Å². The summed E-state index contributed by atoms with van der Waals surface area (Å²) in [6.45, 7) is 10.0. The second-order valence-electron chi connectivity index (χ2n) is 6.84. The summed E-state index contributed by atoms with van der Waals surface area (Å²) in [5.74, 6) is 0.200. The molecule has 1 aliphatic heterocycles. The molecule has 2 fully saturated rings. The van der Waals surface area contributed by atoms with E-state index >= 15 is 0 Å².